The second-order valence-corrected chi connectivity index (χ2v) is 6.63. The molecule has 1 aliphatic heterocycles. The highest BCUT2D eigenvalue weighted by Gasteiger charge is 2.27. The van der Waals surface area contributed by atoms with E-state index < -0.39 is 0 Å². The second kappa shape index (κ2) is 6.23. The van der Waals surface area contributed by atoms with Crippen LogP contribution in [0.15, 0.2) is 37.1 Å². The van der Waals surface area contributed by atoms with E-state index >= 15 is 0 Å². The Bertz CT molecular complexity index is 881. The number of aromatic amines is 1. The Morgan fingerprint density at radius 3 is 2.64 bits per heavy atom. The lowest BCUT2D eigenvalue weighted by molar-refractivity contribution is 0.0712. The predicted octanol–water partition coefficient (Wildman–Crippen LogP) is 2.17. The van der Waals surface area contributed by atoms with Gasteiger partial charge in [0.2, 0.25) is 0 Å². The summed E-state index contributed by atoms with van der Waals surface area (Å²) in [4.78, 5) is 18.0. The van der Waals surface area contributed by atoms with Crippen LogP contribution >= 0.6 is 0 Å². The first kappa shape index (κ1) is 15.7. The third-order valence-electron chi connectivity index (χ3n) is 5.05. The molecule has 0 aliphatic carbocycles. The maximum absolute atomic E-state index is 13.0. The summed E-state index contributed by atoms with van der Waals surface area (Å²) in [5.74, 6) is 0.559. The Morgan fingerprint density at radius 1 is 1.20 bits per heavy atom. The number of amides is 1. The molecular formula is C18H22N6O. The number of hydrogen-bond donors (Lipinski definition) is 1. The summed E-state index contributed by atoms with van der Waals surface area (Å²) in [5.41, 5.74) is 3.83. The van der Waals surface area contributed by atoms with Crippen molar-refractivity contribution in [2.75, 3.05) is 13.1 Å². The van der Waals surface area contributed by atoms with Crippen molar-refractivity contribution in [1.29, 1.82) is 0 Å². The number of nitrogens with zero attached hydrogens (tertiary/aromatic N) is 5. The molecule has 1 aliphatic rings. The second-order valence-electron chi connectivity index (χ2n) is 6.63. The lowest BCUT2D eigenvalue weighted by atomic mass is 9.93. The van der Waals surface area contributed by atoms with Crippen LogP contribution in [0, 0.1) is 0 Å². The van der Waals surface area contributed by atoms with Crippen LogP contribution < -0.4 is 0 Å². The van der Waals surface area contributed by atoms with Gasteiger partial charge in [0.15, 0.2) is 0 Å². The first-order valence-electron chi connectivity index (χ1n) is 8.56. The molecular weight excluding hydrogens is 316 g/mol. The van der Waals surface area contributed by atoms with E-state index in [0.717, 1.165) is 37.1 Å². The number of carbonyl (C=O) groups is 1. The first-order chi connectivity index (χ1) is 12.1. The summed E-state index contributed by atoms with van der Waals surface area (Å²) >= 11 is 0. The molecule has 0 aromatic carbocycles. The van der Waals surface area contributed by atoms with E-state index in [9.17, 15) is 4.79 Å². The number of carbonyl (C=O) groups excluding carboxylic acids is 1. The third-order valence-corrected chi connectivity index (χ3v) is 5.05. The highest BCUT2D eigenvalue weighted by molar-refractivity contribution is 6.00. The smallest absolute Gasteiger partial charge is 0.256 e. The van der Waals surface area contributed by atoms with Crippen molar-refractivity contribution in [3.05, 3.63) is 48.3 Å². The molecule has 0 atom stereocenters. The molecule has 1 N–H and O–H groups in total. The zero-order valence-corrected chi connectivity index (χ0v) is 14.5. The van der Waals surface area contributed by atoms with Crippen molar-refractivity contribution in [1.82, 2.24) is 29.4 Å². The quantitative estimate of drug-likeness (QED) is 0.795. The summed E-state index contributed by atoms with van der Waals surface area (Å²) in [6.45, 7) is 1.54. The average Bonchev–Trinajstić information content (AvgIpc) is 3.34. The predicted molar refractivity (Wildman–Crippen MR) is 94.1 cm³/mol. The van der Waals surface area contributed by atoms with Crippen molar-refractivity contribution < 1.29 is 4.79 Å². The van der Waals surface area contributed by atoms with Gasteiger partial charge in [0, 0.05) is 74.7 Å². The summed E-state index contributed by atoms with van der Waals surface area (Å²) in [6.07, 6.45) is 11.1. The molecule has 4 heterocycles. The fourth-order valence-electron chi connectivity index (χ4n) is 3.67. The van der Waals surface area contributed by atoms with Gasteiger partial charge in [0.25, 0.3) is 5.91 Å². The number of piperidine rings is 1. The SMILES string of the molecule is Cn1cc(-c2c[nH]cc2C(=O)N2CCC(c3ccnn3C)CC2)cn1. The minimum absolute atomic E-state index is 0.0866. The van der Waals surface area contributed by atoms with Crippen molar-refractivity contribution in [2.24, 2.45) is 14.1 Å². The lowest BCUT2D eigenvalue weighted by Crippen LogP contribution is -2.38. The standard InChI is InChI=1S/C18H22N6O/c1-22-12-14(9-21-22)15-10-19-11-16(15)18(25)24-7-4-13(5-8-24)17-3-6-20-23(17)2/h3,6,9-13,19H,4-5,7-8H2,1-2H3. The van der Waals surface area contributed by atoms with Gasteiger partial charge in [-0.1, -0.05) is 0 Å². The molecule has 4 rings (SSSR count). The summed E-state index contributed by atoms with van der Waals surface area (Å²) in [6, 6.07) is 2.08. The number of H-pyrrole nitrogens is 1. The largest absolute Gasteiger partial charge is 0.366 e. The van der Waals surface area contributed by atoms with Crippen molar-refractivity contribution in [2.45, 2.75) is 18.8 Å². The minimum atomic E-state index is 0.0866. The van der Waals surface area contributed by atoms with Crippen LogP contribution in [0.1, 0.15) is 34.8 Å². The summed E-state index contributed by atoms with van der Waals surface area (Å²) < 4.78 is 3.69. The van der Waals surface area contributed by atoms with Gasteiger partial charge in [0.05, 0.1) is 11.8 Å². The molecule has 3 aromatic rings. The van der Waals surface area contributed by atoms with Gasteiger partial charge in [-0.15, -0.1) is 0 Å². The Kier molecular flexibility index (Phi) is 3.91. The molecule has 0 unspecified atom stereocenters. The van der Waals surface area contributed by atoms with Crippen molar-refractivity contribution >= 4 is 5.91 Å². The lowest BCUT2D eigenvalue weighted by Gasteiger charge is -2.32. The number of hydrogen-bond acceptors (Lipinski definition) is 3. The van der Waals surface area contributed by atoms with E-state index in [1.54, 1.807) is 17.1 Å². The highest BCUT2D eigenvalue weighted by Crippen LogP contribution is 2.30. The van der Waals surface area contributed by atoms with Crippen LogP contribution in [0.3, 0.4) is 0 Å². The fourth-order valence-corrected chi connectivity index (χ4v) is 3.67. The molecule has 7 nitrogen and oxygen atoms in total. The molecule has 1 amide bonds. The zero-order valence-electron chi connectivity index (χ0n) is 14.5. The van der Waals surface area contributed by atoms with Crippen molar-refractivity contribution in [3.63, 3.8) is 0 Å². The van der Waals surface area contributed by atoms with Gasteiger partial charge in [-0.05, 0) is 18.9 Å². The van der Waals surface area contributed by atoms with E-state index in [0.29, 0.717) is 11.5 Å². The van der Waals surface area contributed by atoms with Gasteiger partial charge < -0.3 is 9.88 Å². The van der Waals surface area contributed by atoms with Crippen LogP contribution in [0.4, 0.5) is 0 Å². The normalized spacial score (nSPS) is 15.7. The Morgan fingerprint density at radius 2 is 2.00 bits per heavy atom. The molecule has 1 saturated heterocycles. The Balaban J connectivity index is 1.48. The monoisotopic (exact) mass is 338 g/mol. The van der Waals surface area contributed by atoms with E-state index in [-0.39, 0.29) is 5.91 Å². The molecule has 3 aromatic heterocycles. The van der Waals surface area contributed by atoms with Crippen LogP contribution in [-0.2, 0) is 14.1 Å². The number of aryl methyl sites for hydroxylation is 2. The zero-order chi connectivity index (χ0) is 17.4. The van der Waals surface area contributed by atoms with Gasteiger partial charge in [-0.3, -0.25) is 14.2 Å². The van der Waals surface area contributed by atoms with Gasteiger partial charge in [0.1, 0.15) is 0 Å². The van der Waals surface area contributed by atoms with E-state index in [2.05, 4.69) is 21.2 Å². The molecule has 0 spiro atoms. The van der Waals surface area contributed by atoms with Crippen LogP contribution in [0.5, 0.6) is 0 Å². The first-order valence-corrected chi connectivity index (χ1v) is 8.56. The Hall–Kier alpha value is -2.83. The number of aromatic nitrogens is 5. The maximum atomic E-state index is 13.0. The molecule has 0 radical (unpaired) electrons. The van der Waals surface area contributed by atoms with E-state index in [1.807, 2.05) is 42.3 Å². The van der Waals surface area contributed by atoms with Gasteiger partial charge >= 0.3 is 0 Å². The minimum Gasteiger partial charge on any atom is -0.366 e. The third kappa shape index (κ3) is 2.86. The number of nitrogens with one attached hydrogen (secondary N) is 1. The maximum Gasteiger partial charge on any atom is 0.256 e. The van der Waals surface area contributed by atoms with Crippen LogP contribution in [0.2, 0.25) is 0 Å². The molecule has 0 bridgehead atoms. The van der Waals surface area contributed by atoms with Gasteiger partial charge in [-0.2, -0.15) is 10.2 Å². The highest BCUT2D eigenvalue weighted by atomic mass is 16.2. The average molecular weight is 338 g/mol. The van der Waals surface area contributed by atoms with E-state index in [1.165, 1.54) is 5.69 Å². The topological polar surface area (TPSA) is 71.7 Å². The summed E-state index contributed by atoms with van der Waals surface area (Å²) in [7, 11) is 3.85. The Labute approximate surface area is 146 Å². The van der Waals surface area contributed by atoms with Crippen LogP contribution in [-0.4, -0.2) is 48.4 Å². The van der Waals surface area contributed by atoms with Gasteiger partial charge in [-0.25, -0.2) is 0 Å². The molecule has 0 saturated carbocycles. The summed E-state index contributed by atoms with van der Waals surface area (Å²) in [5, 5.41) is 8.46. The fraction of sp³-hybridized carbons (Fsp3) is 0.389. The molecule has 1 fully saturated rings. The number of likely N-dealkylation sites (tertiary alicyclic amines) is 1. The number of rotatable bonds is 3. The molecule has 25 heavy (non-hydrogen) atoms. The van der Waals surface area contributed by atoms with E-state index in [4.69, 9.17) is 0 Å². The molecule has 7 heteroatoms. The van der Waals surface area contributed by atoms with Crippen molar-refractivity contribution in [3.8, 4) is 11.1 Å². The molecule has 130 valence electrons. The van der Waals surface area contributed by atoms with Crippen LogP contribution in [0.25, 0.3) is 11.1 Å².